The van der Waals surface area contributed by atoms with Crippen molar-refractivity contribution in [2.24, 2.45) is 5.92 Å². The number of rotatable bonds is 9. The summed E-state index contributed by atoms with van der Waals surface area (Å²) in [6.45, 7) is 4.05. The molecule has 1 atom stereocenters. The van der Waals surface area contributed by atoms with Crippen molar-refractivity contribution in [1.82, 2.24) is 9.29 Å². The van der Waals surface area contributed by atoms with Gasteiger partial charge in [0.1, 0.15) is 6.54 Å². The van der Waals surface area contributed by atoms with Crippen LogP contribution in [0.3, 0.4) is 0 Å². The smallest absolute Gasteiger partial charge is 0.267 e. The average molecular weight is 479 g/mol. The maximum absolute atomic E-state index is 13.2. The SMILES string of the molecule is CC(C)CC(C(=O)NCC#N)c1cccc(-c2cccc(S(=O)(=O)n3ccc(N(C)C)c3)c2)c1. The standard InChI is InChI=1S/C26H30N4O3S/c1-19(2)15-25(26(31)28-13-12-27)22-9-5-7-20(16-22)21-8-6-10-24(17-21)34(32,33)30-14-11-23(18-30)29(3)4/h5-11,14,16-19,25H,13,15H2,1-4H3,(H,28,31). The molecular weight excluding hydrogens is 448 g/mol. The molecular formula is C26H30N4O3S. The van der Waals surface area contributed by atoms with Gasteiger partial charge in [0, 0.05) is 26.5 Å². The molecule has 8 heteroatoms. The summed E-state index contributed by atoms with van der Waals surface area (Å²) in [5, 5.41) is 11.5. The van der Waals surface area contributed by atoms with E-state index in [9.17, 15) is 13.2 Å². The molecule has 34 heavy (non-hydrogen) atoms. The van der Waals surface area contributed by atoms with Gasteiger partial charge in [-0.3, -0.25) is 4.79 Å². The molecule has 0 saturated carbocycles. The van der Waals surface area contributed by atoms with E-state index in [1.807, 2.05) is 69.2 Å². The third kappa shape index (κ3) is 5.67. The van der Waals surface area contributed by atoms with Crippen LogP contribution in [0.4, 0.5) is 5.69 Å². The van der Waals surface area contributed by atoms with Crippen LogP contribution in [-0.2, 0) is 14.8 Å². The van der Waals surface area contributed by atoms with E-state index in [1.165, 1.54) is 10.2 Å². The summed E-state index contributed by atoms with van der Waals surface area (Å²) >= 11 is 0. The van der Waals surface area contributed by atoms with Crippen LogP contribution in [0.1, 0.15) is 31.7 Å². The monoisotopic (exact) mass is 478 g/mol. The first-order valence-corrected chi connectivity index (χ1v) is 12.5. The number of anilines is 1. The third-order valence-corrected chi connectivity index (χ3v) is 7.20. The van der Waals surface area contributed by atoms with E-state index < -0.39 is 15.9 Å². The highest BCUT2D eigenvalue weighted by molar-refractivity contribution is 7.90. The zero-order valence-corrected chi connectivity index (χ0v) is 20.7. The van der Waals surface area contributed by atoms with E-state index in [-0.39, 0.29) is 23.3 Å². The van der Waals surface area contributed by atoms with Crippen molar-refractivity contribution in [3.05, 3.63) is 72.6 Å². The summed E-state index contributed by atoms with van der Waals surface area (Å²) in [5.74, 6) is -0.304. The Bertz CT molecular complexity index is 1300. The normalized spacial score (nSPS) is 12.2. The molecule has 0 spiro atoms. The van der Waals surface area contributed by atoms with Gasteiger partial charge in [-0.1, -0.05) is 50.2 Å². The highest BCUT2D eigenvalue weighted by atomic mass is 32.2. The van der Waals surface area contributed by atoms with Crippen LogP contribution >= 0.6 is 0 Å². The van der Waals surface area contributed by atoms with Gasteiger partial charge in [0.05, 0.1) is 22.6 Å². The lowest BCUT2D eigenvalue weighted by Crippen LogP contribution is -2.30. The van der Waals surface area contributed by atoms with E-state index in [2.05, 4.69) is 5.32 Å². The van der Waals surface area contributed by atoms with E-state index >= 15 is 0 Å². The zero-order valence-electron chi connectivity index (χ0n) is 19.9. The summed E-state index contributed by atoms with van der Waals surface area (Å²) in [5.41, 5.74) is 3.18. The molecule has 1 heterocycles. The molecule has 1 amide bonds. The summed E-state index contributed by atoms with van der Waals surface area (Å²) < 4.78 is 27.6. The van der Waals surface area contributed by atoms with Crippen LogP contribution in [0.2, 0.25) is 0 Å². The lowest BCUT2D eigenvalue weighted by molar-refractivity contribution is -0.122. The molecule has 0 radical (unpaired) electrons. The van der Waals surface area contributed by atoms with Crippen molar-refractivity contribution in [2.45, 2.75) is 31.1 Å². The molecule has 2 aromatic carbocycles. The molecule has 1 N–H and O–H groups in total. The van der Waals surface area contributed by atoms with Crippen LogP contribution in [0.15, 0.2) is 71.9 Å². The largest absolute Gasteiger partial charge is 0.376 e. The molecule has 178 valence electrons. The molecule has 0 aliphatic carbocycles. The Hall–Kier alpha value is -3.57. The second-order valence-electron chi connectivity index (χ2n) is 8.81. The van der Waals surface area contributed by atoms with E-state index in [4.69, 9.17) is 5.26 Å². The lowest BCUT2D eigenvalue weighted by Gasteiger charge is -2.19. The lowest BCUT2D eigenvalue weighted by atomic mass is 9.88. The first-order valence-electron chi connectivity index (χ1n) is 11.1. The van der Waals surface area contributed by atoms with Crippen LogP contribution in [0.5, 0.6) is 0 Å². The summed E-state index contributed by atoms with van der Waals surface area (Å²) in [7, 11) is -0.0446. The highest BCUT2D eigenvalue weighted by Crippen LogP contribution is 2.30. The van der Waals surface area contributed by atoms with Gasteiger partial charge >= 0.3 is 0 Å². The van der Waals surface area contributed by atoms with Gasteiger partial charge < -0.3 is 10.2 Å². The topological polar surface area (TPSA) is 95.2 Å². The second-order valence-corrected chi connectivity index (χ2v) is 10.7. The van der Waals surface area contributed by atoms with Crippen molar-refractivity contribution >= 4 is 21.6 Å². The fraction of sp³-hybridized carbons (Fsp3) is 0.308. The number of benzene rings is 2. The Morgan fingerprint density at radius 3 is 2.38 bits per heavy atom. The zero-order chi connectivity index (χ0) is 24.9. The molecule has 3 rings (SSSR count). The highest BCUT2D eigenvalue weighted by Gasteiger charge is 2.23. The number of aromatic nitrogens is 1. The van der Waals surface area contributed by atoms with Crippen molar-refractivity contribution in [3.8, 4) is 17.2 Å². The molecule has 1 aromatic heterocycles. The number of carbonyl (C=O) groups is 1. The maximum atomic E-state index is 13.2. The number of nitrogens with zero attached hydrogens (tertiary/aromatic N) is 3. The fourth-order valence-corrected chi connectivity index (χ4v) is 5.03. The number of nitrogens with one attached hydrogen (secondary N) is 1. The summed E-state index contributed by atoms with van der Waals surface area (Å²) in [6.07, 6.45) is 3.75. The molecule has 0 aliphatic heterocycles. The second kappa shape index (κ2) is 10.6. The minimum absolute atomic E-state index is 0.0397. The molecule has 0 bridgehead atoms. The summed E-state index contributed by atoms with van der Waals surface area (Å²) in [6, 6.07) is 18.1. The van der Waals surface area contributed by atoms with Gasteiger partial charge in [-0.2, -0.15) is 5.26 Å². The van der Waals surface area contributed by atoms with Gasteiger partial charge in [-0.15, -0.1) is 0 Å². The first kappa shape index (κ1) is 25.1. The van der Waals surface area contributed by atoms with Gasteiger partial charge in [0.15, 0.2) is 0 Å². The van der Waals surface area contributed by atoms with E-state index in [0.29, 0.717) is 6.42 Å². The summed E-state index contributed by atoms with van der Waals surface area (Å²) in [4.78, 5) is 14.8. The van der Waals surface area contributed by atoms with Crippen molar-refractivity contribution in [3.63, 3.8) is 0 Å². The minimum Gasteiger partial charge on any atom is -0.376 e. The predicted molar refractivity (Wildman–Crippen MR) is 134 cm³/mol. The van der Waals surface area contributed by atoms with Crippen molar-refractivity contribution in [1.29, 1.82) is 5.26 Å². The van der Waals surface area contributed by atoms with Gasteiger partial charge in [0.25, 0.3) is 10.0 Å². The maximum Gasteiger partial charge on any atom is 0.267 e. The number of amides is 1. The molecule has 0 saturated heterocycles. The molecule has 7 nitrogen and oxygen atoms in total. The number of hydrogen-bond donors (Lipinski definition) is 1. The van der Waals surface area contributed by atoms with Crippen LogP contribution < -0.4 is 10.2 Å². The van der Waals surface area contributed by atoms with E-state index in [1.54, 1.807) is 30.5 Å². The molecule has 3 aromatic rings. The first-order chi connectivity index (χ1) is 16.1. The quantitative estimate of drug-likeness (QED) is 0.465. The molecule has 0 fully saturated rings. The van der Waals surface area contributed by atoms with E-state index in [0.717, 1.165) is 22.4 Å². The van der Waals surface area contributed by atoms with Gasteiger partial charge in [-0.05, 0) is 47.2 Å². The Labute approximate surface area is 201 Å². The Morgan fingerprint density at radius 1 is 1.09 bits per heavy atom. The fourth-order valence-electron chi connectivity index (χ4n) is 3.79. The predicted octanol–water partition coefficient (Wildman–Crippen LogP) is 4.23. The Morgan fingerprint density at radius 2 is 1.76 bits per heavy atom. The van der Waals surface area contributed by atoms with Crippen LogP contribution in [0.25, 0.3) is 11.1 Å². The van der Waals surface area contributed by atoms with Crippen molar-refractivity contribution in [2.75, 3.05) is 25.5 Å². The van der Waals surface area contributed by atoms with Crippen LogP contribution in [0, 0.1) is 17.2 Å². The Kier molecular flexibility index (Phi) is 7.79. The average Bonchev–Trinajstić information content (AvgIpc) is 3.33. The molecule has 0 aliphatic rings. The molecule has 1 unspecified atom stereocenters. The third-order valence-electron chi connectivity index (χ3n) is 5.57. The van der Waals surface area contributed by atoms with Crippen molar-refractivity contribution < 1.29 is 13.2 Å². The Balaban J connectivity index is 1.97. The van der Waals surface area contributed by atoms with Crippen LogP contribution in [-0.4, -0.2) is 38.9 Å². The van der Waals surface area contributed by atoms with Gasteiger partial charge in [0.2, 0.25) is 5.91 Å². The number of hydrogen-bond acceptors (Lipinski definition) is 5. The van der Waals surface area contributed by atoms with Gasteiger partial charge in [-0.25, -0.2) is 12.4 Å². The number of carbonyl (C=O) groups excluding carboxylic acids is 1. The minimum atomic E-state index is -3.75. The number of nitriles is 1.